The molecule has 31 heavy (non-hydrogen) atoms. The van der Waals surface area contributed by atoms with Crippen molar-refractivity contribution >= 4 is 23.1 Å². The SMILES string of the molecule is COC(=O)N1CCCN1c1cc(-c2nc(-c3ccc4c(c3)CCO4)cs2)ccc1OC. The Morgan fingerprint density at radius 3 is 2.84 bits per heavy atom. The Hall–Kier alpha value is -3.26. The predicted molar refractivity (Wildman–Crippen MR) is 120 cm³/mol. The number of fused-ring (bicyclic) bond motifs is 1. The zero-order valence-corrected chi connectivity index (χ0v) is 18.3. The van der Waals surface area contributed by atoms with Crippen molar-refractivity contribution in [2.75, 3.05) is 38.9 Å². The molecule has 0 unspecified atom stereocenters. The Kier molecular flexibility index (Phi) is 5.15. The third-order valence-corrected chi connectivity index (χ3v) is 6.50. The van der Waals surface area contributed by atoms with Crippen molar-refractivity contribution in [3.05, 3.63) is 47.3 Å². The number of amides is 1. The van der Waals surface area contributed by atoms with Crippen LogP contribution in [0.2, 0.25) is 0 Å². The van der Waals surface area contributed by atoms with Crippen LogP contribution in [0.4, 0.5) is 10.5 Å². The molecule has 1 saturated heterocycles. The maximum Gasteiger partial charge on any atom is 0.428 e. The highest BCUT2D eigenvalue weighted by molar-refractivity contribution is 7.13. The molecule has 0 bridgehead atoms. The van der Waals surface area contributed by atoms with E-state index < -0.39 is 0 Å². The molecule has 1 amide bonds. The van der Waals surface area contributed by atoms with Gasteiger partial charge >= 0.3 is 6.09 Å². The first kappa shape index (κ1) is 19.7. The average Bonchev–Trinajstić information content (AvgIpc) is 3.57. The van der Waals surface area contributed by atoms with Gasteiger partial charge in [-0.05, 0) is 48.4 Å². The van der Waals surface area contributed by atoms with Crippen LogP contribution >= 0.6 is 11.3 Å². The molecular formula is C23H23N3O4S. The molecular weight excluding hydrogens is 414 g/mol. The third-order valence-electron chi connectivity index (χ3n) is 5.61. The van der Waals surface area contributed by atoms with E-state index in [1.54, 1.807) is 23.5 Å². The van der Waals surface area contributed by atoms with Gasteiger partial charge in [0.15, 0.2) is 0 Å². The molecule has 0 radical (unpaired) electrons. The second-order valence-electron chi connectivity index (χ2n) is 7.42. The average molecular weight is 438 g/mol. The van der Waals surface area contributed by atoms with Crippen LogP contribution in [0.1, 0.15) is 12.0 Å². The Balaban J connectivity index is 1.48. The van der Waals surface area contributed by atoms with E-state index in [4.69, 9.17) is 19.2 Å². The van der Waals surface area contributed by atoms with E-state index in [1.165, 1.54) is 12.7 Å². The summed E-state index contributed by atoms with van der Waals surface area (Å²) >= 11 is 1.60. The third kappa shape index (κ3) is 3.57. The number of ether oxygens (including phenoxy) is 3. The fourth-order valence-corrected chi connectivity index (χ4v) is 4.89. The fourth-order valence-electron chi connectivity index (χ4n) is 4.07. The summed E-state index contributed by atoms with van der Waals surface area (Å²) < 4.78 is 16.1. The summed E-state index contributed by atoms with van der Waals surface area (Å²) in [6.07, 6.45) is 1.43. The topological polar surface area (TPSA) is 64.1 Å². The van der Waals surface area contributed by atoms with Crippen molar-refractivity contribution in [3.63, 3.8) is 0 Å². The minimum atomic E-state index is -0.373. The number of anilines is 1. The van der Waals surface area contributed by atoms with E-state index in [9.17, 15) is 4.79 Å². The number of methoxy groups -OCH3 is 2. The fraction of sp³-hybridized carbons (Fsp3) is 0.304. The van der Waals surface area contributed by atoms with Crippen LogP contribution in [0.3, 0.4) is 0 Å². The van der Waals surface area contributed by atoms with Gasteiger partial charge in [-0.15, -0.1) is 11.3 Å². The lowest BCUT2D eigenvalue weighted by Gasteiger charge is -2.29. The van der Waals surface area contributed by atoms with Crippen molar-refractivity contribution in [2.45, 2.75) is 12.8 Å². The van der Waals surface area contributed by atoms with E-state index in [2.05, 4.69) is 17.5 Å². The molecule has 7 nitrogen and oxygen atoms in total. The van der Waals surface area contributed by atoms with Crippen LogP contribution in [0.25, 0.3) is 21.8 Å². The van der Waals surface area contributed by atoms with Crippen molar-refractivity contribution in [1.29, 1.82) is 0 Å². The van der Waals surface area contributed by atoms with Gasteiger partial charge < -0.3 is 14.2 Å². The molecule has 3 aromatic rings. The highest BCUT2D eigenvalue weighted by Gasteiger charge is 2.30. The highest BCUT2D eigenvalue weighted by atomic mass is 32.1. The molecule has 0 aliphatic carbocycles. The number of hydrogen-bond donors (Lipinski definition) is 0. The summed E-state index contributed by atoms with van der Waals surface area (Å²) in [5, 5.41) is 6.53. The Bertz CT molecular complexity index is 1130. The van der Waals surface area contributed by atoms with E-state index in [0.717, 1.165) is 59.3 Å². The largest absolute Gasteiger partial charge is 0.495 e. The molecule has 5 rings (SSSR count). The zero-order chi connectivity index (χ0) is 21.4. The van der Waals surface area contributed by atoms with Gasteiger partial charge in [0.05, 0.1) is 26.5 Å². The standard InChI is InChI=1S/C23H23N3O4S/c1-28-21-7-5-17(13-19(21)25-9-3-10-26(25)23(27)29-2)22-24-18(14-31-22)15-4-6-20-16(12-15)8-11-30-20/h4-7,12-14H,3,8-11H2,1-2H3. The lowest BCUT2D eigenvalue weighted by atomic mass is 10.1. The van der Waals surface area contributed by atoms with Crippen LogP contribution in [-0.4, -0.2) is 50.0 Å². The minimum Gasteiger partial charge on any atom is -0.495 e. The molecule has 1 fully saturated rings. The monoisotopic (exact) mass is 437 g/mol. The highest BCUT2D eigenvalue weighted by Crippen LogP contribution is 2.38. The second kappa shape index (κ2) is 8.11. The molecule has 0 spiro atoms. The van der Waals surface area contributed by atoms with Crippen molar-refractivity contribution in [2.24, 2.45) is 0 Å². The first-order valence-corrected chi connectivity index (χ1v) is 11.1. The summed E-state index contributed by atoms with van der Waals surface area (Å²) in [4.78, 5) is 17.1. The predicted octanol–water partition coefficient (Wildman–Crippen LogP) is 4.61. The molecule has 2 aromatic carbocycles. The molecule has 1 aromatic heterocycles. The maximum atomic E-state index is 12.2. The van der Waals surface area contributed by atoms with Crippen LogP contribution in [-0.2, 0) is 11.2 Å². The van der Waals surface area contributed by atoms with E-state index >= 15 is 0 Å². The number of carbonyl (C=O) groups is 1. The number of nitrogens with zero attached hydrogens (tertiary/aromatic N) is 3. The van der Waals surface area contributed by atoms with Crippen LogP contribution < -0.4 is 14.5 Å². The van der Waals surface area contributed by atoms with Crippen molar-refractivity contribution in [3.8, 4) is 33.3 Å². The summed E-state index contributed by atoms with van der Waals surface area (Å²) in [5.74, 6) is 1.68. The molecule has 3 heterocycles. The van der Waals surface area contributed by atoms with Gasteiger partial charge in [-0.2, -0.15) is 0 Å². The molecule has 0 saturated carbocycles. The maximum absolute atomic E-state index is 12.2. The molecule has 160 valence electrons. The first-order chi connectivity index (χ1) is 15.2. The normalized spacial score (nSPS) is 15.0. The van der Waals surface area contributed by atoms with E-state index in [1.807, 2.05) is 29.3 Å². The number of rotatable bonds is 4. The number of hydrogen-bond acceptors (Lipinski definition) is 7. The lowest BCUT2D eigenvalue weighted by Crippen LogP contribution is -2.41. The number of aromatic nitrogens is 1. The summed E-state index contributed by atoms with van der Waals surface area (Å²) in [7, 11) is 3.03. The second-order valence-corrected chi connectivity index (χ2v) is 8.27. The quantitative estimate of drug-likeness (QED) is 0.594. The van der Waals surface area contributed by atoms with Gasteiger partial charge in [0, 0.05) is 36.0 Å². The van der Waals surface area contributed by atoms with Gasteiger partial charge in [-0.3, -0.25) is 5.01 Å². The molecule has 8 heteroatoms. The van der Waals surface area contributed by atoms with Gasteiger partial charge in [0.25, 0.3) is 0 Å². The molecule has 2 aliphatic heterocycles. The smallest absolute Gasteiger partial charge is 0.428 e. The Morgan fingerprint density at radius 1 is 1.13 bits per heavy atom. The van der Waals surface area contributed by atoms with Crippen LogP contribution in [0.15, 0.2) is 41.8 Å². The van der Waals surface area contributed by atoms with E-state index in [0.29, 0.717) is 12.3 Å². The van der Waals surface area contributed by atoms with Gasteiger partial charge in [-0.1, -0.05) is 0 Å². The van der Waals surface area contributed by atoms with Gasteiger partial charge in [0.2, 0.25) is 0 Å². The first-order valence-electron chi connectivity index (χ1n) is 10.2. The van der Waals surface area contributed by atoms with Crippen LogP contribution in [0.5, 0.6) is 11.5 Å². The van der Waals surface area contributed by atoms with E-state index in [-0.39, 0.29) is 6.09 Å². The molecule has 0 N–H and O–H groups in total. The summed E-state index contributed by atoms with van der Waals surface area (Å²) in [6.45, 7) is 2.08. The number of carbonyl (C=O) groups excluding carboxylic acids is 1. The van der Waals surface area contributed by atoms with Crippen molar-refractivity contribution < 1.29 is 19.0 Å². The number of hydrazine groups is 1. The number of thiazole rings is 1. The minimum absolute atomic E-state index is 0.373. The summed E-state index contributed by atoms with van der Waals surface area (Å²) in [6, 6.07) is 12.2. The number of benzene rings is 2. The zero-order valence-electron chi connectivity index (χ0n) is 17.5. The Labute approximate surface area is 184 Å². The van der Waals surface area contributed by atoms with Gasteiger partial charge in [0.1, 0.15) is 22.2 Å². The van der Waals surface area contributed by atoms with Crippen LogP contribution in [0, 0.1) is 0 Å². The summed E-state index contributed by atoms with van der Waals surface area (Å²) in [5.41, 5.74) is 5.08. The Morgan fingerprint density at radius 2 is 2.00 bits per heavy atom. The lowest BCUT2D eigenvalue weighted by molar-refractivity contribution is 0.128. The van der Waals surface area contributed by atoms with Crippen molar-refractivity contribution in [1.82, 2.24) is 9.99 Å². The van der Waals surface area contributed by atoms with Gasteiger partial charge in [-0.25, -0.2) is 14.8 Å². The molecule has 0 atom stereocenters. The molecule has 2 aliphatic rings.